The Balaban J connectivity index is 2.16. The third-order valence-corrected chi connectivity index (χ3v) is 3.80. The average molecular weight is 256 g/mol. The van der Waals surface area contributed by atoms with Gasteiger partial charge in [0.05, 0.1) is 0 Å². The van der Waals surface area contributed by atoms with Crippen LogP contribution in [0.5, 0.6) is 0 Å². The fraction of sp³-hybridized carbons (Fsp3) is 0.333. The molecular weight excluding hydrogens is 240 g/mol. The molecule has 1 amide bonds. The van der Waals surface area contributed by atoms with Crippen LogP contribution in [0.1, 0.15) is 28.9 Å². The van der Waals surface area contributed by atoms with Crippen LogP contribution in [0.3, 0.4) is 0 Å². The summed E-state index contributed by atoms with van der Waals surface area (Å²) in [5.41, 5.74) is 1.10. The van der Waals surface area contributed by atoms with Crippen LogP contribution in [-0.4, -0.2) is 28.9 Å². The average Bonchev–Trinajstić information content (AvgIpc) is 2.96. The minimum Gasteiger partial charge on any atom is -0.337 e. The third-order valence-electron chi connectivity index (χ3n) is 3.80. The highest BCUT2D eigenvalue weighted by molar-refractivity contribution is 5.99. The standard InChI is InChI=1S/C15H16N2O2/c1-10-11-6-2-3-7-12(11)14(18)16-13(10)15(19)17-8-4-5-9-17/h2-3,6-7H,4-5,8-9H2,1H3,(H,16,18). The number of nitrogens with zero attached hydrogens (tertiary/aromatic N) is 1. The lowest BCUT2D eigenvalue weighted by molar-refractivity contribution is 0.0786. The molecule has 2 aromatic rings. The van der Waals surface area contributed by atoms with E-state index in [4.69, 9.17) is 0 Å². The highest BCUT2D eigenvalue weighted by Gasteiger charge is 2.22. The number of carbonyl (C=O) groups is 1. The van der Waals surface area contributed by atoms with Crippen molar-refractivity contribution in [1.29, 1.82) is 0 Å². The Hall–Kier alpha value is -2.10. The summed E-state index contributed by atoms with van der Waals surface area (Å²) >= 11 is 0. The van der Waals surface area contributed by atoms with E-state index in [1.54, 1.807) is 6.07 Å². The third kappa shape index (κ3) is 1.93. The first-order valence-electron chi connectivity index (χ1n) is 6.59. The Bertz CT molecular complexity index is 697. The summed E-state index contributed by atoms with van der Waals surface area (Å²) in [6.07, 6.45) is 2.09. The number of hydrogen-bond acceptors (Lipinski definition) is 2. The summed E-state index contributed by atoms with van der Waals surface area (Å²) in [5, 5.41) is 1.49. The molecule has 0 radical (unpaired) electrons. The van der Waals surface area contributed by atoms with Gasteiger partial charge in [0, 0.05) is 18.5 Å². The van der Waals surface area contributed by atoms with Gasteiger partial charge in [0.2, 0.25) is 0 Å². The number of benzene rings is 1. The Morgan fingerprint density at radius 3 is 2.47 bits per heavy atom. The monoisotopic (exact) mass is 256 g/mol. The van der Waals surface area contributed by atoms with Crippen molar-refractivity contribution in [2.24, 2.45) is 0 Å². The normalized spacial score (nSPS) is 15.1. The predicted molar refractivity (Wildman–Crippen MR) is 74.4 cm³/mol. The largest absolute Gasteiger partial charge is 0.337 e. The number of aromatic amines is 1. The van der Waals surface area contributed by atoms with Crippen molar-refractivity contribution >= 4 is 16.7 Å². The van der Waals surface area contributed by atoms with Gasteiger partial charge in [-0.15, -0.1) is 0 Å². The molecule has 0 aliphatic carbocycles. The number of pyridine rings is 1. The van der Waals surface area contributed by atoms with Crippen LogP contribution in [-0.2, 0) is 0 Å². The number of rotatable bonds is 1. The van der Waals surface area contributed by atoms with Crippen LogP contribution in [0, 0.1) is 6.92 Å². The van der Waals surface area contributed by atoms with Gasteiger partial charge >= 0.3 is 0 Å². The van der Waals surface area contributed by atoms with E-state index in [-0.39, 0.29) is 11.5 Å². The molecule has 0 spiro atoms. The van der Waals surface area contributed by atoms with Gasteiger partial charge in [0.15, 0.2) is 0 Å². The van der Waals surface area contributed by atoms with Crippen molar-refractivity contribution in [2.45, 2.75) is 19.8 Å². The zero-order valence-corrected chi connectivity index (χ0v) is 10.9. The summed E-state index contributed by atoms with van der Waals surface area (Å²) in [4.78, 5) is 29.0. The van der Waals surface area contributed by atoms with Crippen LogP contribution < -0.4 is 5.56 Å². The quantitative estimate of drug-likeness (QED) is 0.849. The molecule has 1 aliphatic rings. The van der Waals surface area contributed by atoms with E-state index >= 15 is 0 Å². The summed E-state index contributed by atoms with van der Waals surface area (Å²) < 4.78 is 0. The van der Waals surface area contributed by atoms with Gasteiger partial charge in [-0.05, 0) is 36.8 Å². The Morgan fingerprint density at radius 2 is 1.79 bits per heavy atom. The molecule has 1 saturated heterocycles. The fourth-order valence-electron chi connectivity index (χ4n) is 2.71. The first-order valence-corrected chi connectivity index (χ1v) is 6.59. The van der Waals surface area contributed by atoms with Gasteiger partial charge in [-0.3, -0.25) is 9.59 Å². The molecule has 0 bridgehead atoms. The molecule has 1 aromatic heterocycles. The predicted octanol–water partition coefficient (Wildman–Crippen LogP) is 2.07. The highest BCUT2D eigenvalue weighted by Crippen LogP contribution is 2.19. The molecule has 1 N–H and O–H groups in total. The second-order valence-electron chi connectivity index (χ2n) is 5.00. The van der Waals surface area contributed by atoms with Crippen molar-refractivity contribution in [1.82, 2.24) is 9.88 Å². The fourth-order valence-corrected chi connectivity index (χ4v) is 2.71. The number of carbonyl (C=O) groups excluding carboxylic acids is 1. The van der Waals surface area contributed by atoms with Crippen molar-refractivity contribution in [3.63, 3.8) is 0 Å². The maximum absolute atomic E-state index is 12.4. The van der Waals surface area contributed by atoms with Crippen molar-refractivity contribution in [3.05, 3.63) is 45.9 Å². The lowest BCUT2D eigenvalue weighted by Crippen LogP contribution is -2.30. The van der Waals surface area contributed by atoms with Crippen molar-refractivity contribution in [2.75, 3.05) is 13.1 Å². The van der Waals surface area contributed by atoms with Crippen LogP contribution in [0.4, 0.5) is 0 Å². The van der Waals surface area contributed by atoms with Crippen molar-refractivity contribution in [3.8, 4) is 0 Å². The minimum atomic E-state index is -0.191. The van der Waals surface area contributed by atoms with E-state index in [1.807, 2.05) is 30.0 Å². The van der Waals surface area contributed by atoms with Crippen molar-refractivity contribution < 1.29 is 4.79 Å². The van der Waals surface area contributed by atoms with E-state index in [2.05, 4.69) is 4.98 Å². The minimum absolute atomic E-state index is 0.0575. The van der Waals surface area contributed by atoms with E-state index in [0.717, 1.165) is 36.9 Å². The van der Waals surface area contributed by atoms with Gasteiger partial charge in [0.25, 0.3) is 11.5 Å². The molecule has 2 heterocycles. The SMILES string of the molecule is Cc1c(C(=O)N2CCCC2)[nH]c(=O)c2ccccc12. The molecule has 1 aliphatic heterocycles. The highest BCUT2D eigenvalue weighted by atomic mass is 16.2. The zero-order chi connectivity index (χ0) is 13.4. The molecule has 4 nitrogen and oxygen atoms in total. The topological polar surface area (TPSA) is 53.2 Å². The summed E-state index contributed by atoms with van der Waals surface area (Å²) in [6.45, 7) is 3.46. The molecule has 0 unspecified atom stereocenters. The summed E-state index contributed by atoms with van der Waals surface area (Å²) in [7, 11) is 0. The lowest BCUT2D eigenvalue weighted by atomic mass is 10.0. The number of amides is 1. The molecule has 0 saturated carbocycles. The molecule has 98 valence electrons. The maximum atomic E-state index is 12.4. The molecule has 19 heavy (non-hydrogen) atoms. The summed E-state index contributed by atoms with van der Waals surface area (Å²) in [5.74, 6) is -0.0575. The van der Waals surface area contributed by atoms with Gasteiger partial charge in [-0.2, -0.15) is 0 Å². The zero-order valence-electron chi connectivity index (χ0n) is 10.9. The Morgan fingerprint density at radius 1 is 1.16 bits per heavy atom. The molecule has 3 rings (SSSR count). The lowest BCUT2D eigenvalue weighted by Gasteiger charge is -2.17. The molecule has 4 heteroatoms. The van der Waals surface area contributed by atoms with E-state index < -0.39 is 0 Å². The van der Waals surface area contributed by atoms with E-state index in [9.17, 15) is 9.59 Å². The number of hydrogen-bond donors (Lipinski definition) is 1. The Kier molecular flexibility index (Phi) is 2.85. The number of H-pyrrole nitrogens is 1. The molecule has 0 atom stereocenters. The van der Waals surface area contributed by atoms with Gasteiger partial charge in [0.1, 0.15) is 5.69 Å². The van der Waals surface area contributed by atoms with Gasteiger partial charge < -0.3 is 9.88 Å². The van der Waals surface area contributed by atoms with Crippen LogP contribution >= 0.6 is 0 Å². The smallest absolute Gasteiger partial charge is 0.270 e. The van der Waals surface area contributed by atoms with Gasteiger partial charge in [-0.25, -0.2) is 0 Å². The Labute approximate surface area is 111 Å². The van der Waals surface area contributed by atoms with Crippen LogP contribution in [0.2, 0.25) is 0 Å². The van der Waals surface area contributed by atoms with E-state index in [1.165, 1.54) is 0 Å². The van der Waals surface area contributed by atoms with Gasteiger partial charge in [-0.1, -0.05) is 18.2 Å². The van der Waals surface area contributed by atoms with E-state index in [0.29, 0.717) is 11.1 Å². The molecule has 1 fully saturated rings. The second-order valence-corrected chi connectivity index (χ2v) is 5.00. The first-order chi connectivity index (χ1) is 9.18. The summed E-state index contributed by atoms with van der Waals surface area (Å²) in [6, 6.07) is 7.39. The number of aryl methyl sites for hydroxylation is 1. The number of fused-ring (bicyclic) bond motifs is 1. The second kappa shape index (κ2) is 4.53. The number of likely N-dealkylation sites (tertiary alicyclic amines) is 1. The molecular formula is C15H16N2O2. The van der Waals surface area contributed by atoms with Crippen LogP contribution in [0.25, 0.3) is 10.8 Å². The number of aromatic nitrogens is 1. The number of nitrogens with one attached hydrogen (secondary N) is 1. The van der Waals surface area contributed by atoms with Crippen LogP contribution in [0.15, 0.2) is 29.1 Å². The maximum Gasteiger partial charge on any atom is 0.270 e. The first kappa shape index (κ1) is 12.0. The molecule has 1 aromatic carbocycles.